The van der Waals surface area contributed by atoms with Crippen LogP contribution in [0.5, 0.6) is 5.75 Å². The van der Waals surface area contributed by atoms with Gasteiger partial charge in [-0.2, -0.15) is 4.72 Å². The van der Waals surface area contributed by atoms with E-state index >= 15 is 0 Å². The summed E-state index contributed by atoms with van der Waals surface area (Å²) in [5, 5.41) is 15.1. The zero-order chi connectivity index (χ0) is 28.0. The van der Waals surface area contributed by atoms with Crippen LogP contribution >= 0.6 is 11.6 Å². The topological polar surface area (TPSA) is 133 Å². The van der Waals surface area contributed by atoms with Gasteiger partial charge in [0.05, 0.1) is 23.6 Å². The van der Waals surface area contributed by atoms with Gasteiger partial charge in [0.15, 0.2) is 6.23 Å². The molecule has 2 heterocycles. The van der Waals surface area contributed by atoms with Gasteiger partial charge in [-0.15, -0.1) is 0 Å². The largest absolute Gasteiger partial charge is 0.494 e. The van der Waals surface area contributed by atoms with Gasteiger partial charge in [-0.05, 0) is 73.7 Å². The van der Waals surface area contributed by atoms with Crippen molar-refractivity contribution in [3.05, 3.63) is 93.9 Å². The number of aliphatic hydroxyl groups is 1. The SMILES string of the molecule is Cc1cc(OCCCc2c(C(O)NS(=O)(=O)CCNC(=O)c3cccnc3)[nH]c3ccccc23)cc(C)c1Cl. The molecule has 2 aromatic carbocycles. The molecule has 1 unspecified atom stereocenters. The number of nitrogens with one attached hydrogen (secondary N) is 3. The maximum absolute atomic E-state index is 12.7. The normalized spacial score (nSPS) is 12.4. The number of H-pyrrole nitrogens is 1. The number of sulfonamides is 1. The molecule has 206 valence electrons. The van der Waals surface area contributed by atoms with Gasteiger partial charge in [-0.1, -0.05) is 29.8 Å². The summed E-state index contributed by atoms with van der Waals surface area (Å²) in [5.74, 6) is -0.0980. The van der Waals surface area contributed by atoms with Crippen molar-refractivity contribution in [2.45, 2.75) is 32.9 Å². The molecule has 0 spiro atoms. The molecule has 4 rings (SSSR count). The Kier molecular flexibility index (Phi) is 9.24. The van der Waals surface area contributed by atoms with Crippen LogP contribution < -0.4 is 14.8 Å². The first kappa shape index (κ1) is 28.6. The summed E-state index contributed by atoms with van der Waals surface area (Å²) in [5.41, 5.74) is 4.18. The number of rotatable bonds is 12. The molecule has 0 radical (unpaired) electrons. The second-order valence-corrected chi connectivity index (χ2v) is 11.5. The number of aromatic nitrogens is 2. The number of hydrogen-bond acceptors (Lipinski definition) is 6. The van der Waals surface area contributed by atoms with Crippen molar-refractivity contribution in [1.29, 1.82) is 0 Å². The number of amides is 1. The number of benzene rings is 2. The number of aryl methyl sites for hydroxylation is 3. The number of ether oxygens (including phenoxy) is 1. The van der Waals surface area contributed by atoms with Gasteiger partial charge in [-0.3, -0.25) is 9.78 Å². The summed E-state index contributed by atoms with van der Waals surface area (Å²) in [6, 6.07) is 14.5. The summed E-state index contributed by atoms with van der Waals surface area (Å²) < 4.78 is 33.6. The average molecular weight is 571 g/mol. The molecule has 2 aromatic heterocycles. The summed E-state index contributed by atoms with van der Waals surface area (Å²) in [7, 11) is -3.92. The van der Waals surface area contributed by atoms with Crippen molar-refractivity contribution in [3.63, 3.8) is 0 Å². The van der Waals surface area contributed by atoms with Crippen LogP contribution in [-0.2, 0) is 16.4 Å². The Morgan fingerprint density at radius 3 is 2.62 bits per heavy atom. The Labute approximate surface area is 232 Å². The second kappa shape index (κ2) is 12.6. The zero-order valence-corrected chi connectivity index (χ0v) is 23.3. The Bertz CT molecular complexity index is 1530. The van der Waals surface area contributed by atoms with E-state index in [0.717, 1.165) is 38.4 Å². The first-order valence-electron chi connectivity index (χ1n) is 12.5. The van der Waals surface area contributed by atoms with Crippen LogP contribution in [0.15, 0.2) is 60.9 Å². The molecule has 4 N–H and O–H groups in total. The number of pyridine rings is 1. The number of nitrogens with zero attached hydrogens (tertiary/aromatic N) is 1. The monoisotopic (exact) mass is 570 g/mol. The highest BCUT2D eigenvalue weighted by atomic mass is 35.5. The number of aliphatic hydroxyl groups excluding tert-OH is 1. The van der Waals surface area contributed by atoms with Gasteiger partial charge >= 0.3 is 0 Å². The lowest BCUT2D eigenvalue weighted by molar-refractivity contribution is 0.0955. The van der Waals surface area contributed by atoms with E-state index < -0.39 is 27.9 Å². The van der Waals surface area contributed by atoms with E-state index in [1.807, 2.05) is 50.2 Å². The molecule has 0 aliphatic rings. The maximum atomic E-state index is 12.7. The van der Waals surface area contributed by atoms with Crippen LogP contribution in [0.25, 0.3) is 10.9 Å². The zero-order valence-electron chi connectivity index (χ0n) is 21.7. The standard InChI is InChI=1S/C28H31ClN4O5S/c1-18-15-21(16-19(2)25(18)29)38-13-6-9-23-22-8-3-4-10-24(22)32-26(23)28(35)33-39(36,37)14-12-31-27(34)20-7-5-11-30-17-20/h3-5,7-8,10-11,15-17,28,32-33,35H,6,9,12-14H2,1-2H3,(H,31,34). The minimum Gasteiger partial charge on any atom is -0.494 e. The van der Waals surface area contributed by atoms with Gasteiger partial charge in [0.25, 0.3) is 5.91 Å². The first-order chi connectivity index (χ1) is 18.6. The summed E-state index contributed by atoms with van der Waals surface area (Å²) in [6.07, 6.45) is 2.62. The Balaban J connectivity index is 1.39. The fourth-order valence-electron chi connectivity index (χ4n) is 4.34. The first-order valence-corrected chi connectivity index (χ1v) is 14.5. The summed E-state index contributed by atoms with van der Waals surface area (Å²) >= 11 is 6.24. The molecule has 39 heavy (non-hydrogen) atoms. The average Bonchev–Trinajstić information content (AvgIpc) is 3.28. The van der Waals surface area contributed by atoms with Crippen molar-refractivity contribution in [1.82, 2.24) is 20.0 Å². The molecule has 1 atom stereocenters. The number of aromatic amines is 1. The molecule has 0 bridgehead atoms. The predicted molar refractivity (Wildman–Crippen MR) is 151 cm³/mol. The maximum Gasteiger partial charge on any atom is 0.252 e. The molecular weight excluding hydrogens is 540 g/mol. The summed E-state index contributed by atoms with van der Waals surface area (Å²) in [6.45, 7) is 4.16. The molecule has 0 saturated carbocycles. The number of carbonyl (C=O) groups is 1. The molecule has 0 saturated heterocycles. The molecule has 11 heteroatoms. The van der Waals surface area contributed by atoms with Gasteiger partial charge in [0.2, 0.25) is 10.0 Å². The quantitative estimate of drug-likeness (QED) is 0.149. The van der Waals surface area contributed by atoms with E-state index in [1.165, 1.54) is 6.20 Å². The molecule has 0 aliphatic carbocycles. The van der Waals surface area contributed by atoms with Crippen LogP contribution in [0.2, 0.25) is 5.02 Å². The molecule has 1 amide bonds. The predicted octanol–water partition coefficient (Wildman–Crippen LogP) is 4.19. The van der Waals surface area contributed by atoms with Gasteiger partial charge in [0.1, 0.15) is 5.75 Å². The minimum atomic E-state index is -3.92. The van der Waals surface area contributed by atoms with Gasteiger partial charge in [-0.25, -0.2) is 8.42 Å². The lowest BCUT2D eigenvalue weighted by Gasteiger charge is -2.15. The smallest absolute Gasteiger partial charge is 0.252 e. The Morgan fingerprint density at radius 1 is 1.15 bits per heavy atom. The lowest BCUT2D eigenvalue weighted by Crippen LogP contribution is -2.36. The van der Waals surface area contributed by atoms with Crippen LogP contribution in [-0.4, -0.2) is 48.3 Å². The highest BCUT2D eigenvalue weighted by molar-refractivity contribution is 7.89. The van der Waals surface area contributed by atoms with Crippen molar-refractivity contribution in [3.8, 4) is 5.75 Å². The third kappa shape index (κ3) is 7.36. The Hall–Kier alpha value is -3.44. The fraction of sp³-hybridized carbons (Fsp3) is 0.286. The molecule has 4 aromatic rings. The van der Waals surface area contributed by atoms with E-state index in [0.29, 0.717) is 30.7 Å². The highest BCUT2D eigenvalue weighted by Crippen LogP contribution is 2.29. The second-order valence-electron chi connectivity index (χ2n) is 9.22. The highest BCUT2D eigenvalue weighted by Gasteiger charge is 2.23. The molecular formula is C28H31ClN4O5S. The van der Waals surface area contributed by atoms with E-state index in [-0.39, 0.29) is 6.54 Å². The van der Waals surface area contributed by atoms with Gasteiger partial charge < -0.3 is 20.1 Å². The van der Waals surface area contributed by atoms with E-state index in [2.05, 4.69) is 20.0 Å². The van der Waals surface area contributed by atoms with Crippen LogP contribution in [0.1, 0.15) is 45.4 Å². The lowest BCUT2D eigenvalue weighted by atomic mass is 10.0. The van der Waals surface area contributed by atoms with Crippen molar-refractivity contribution >= 4 is 38.4 Å². The molecule has 0 aliphatic heterocycles. The molecule has 0 fully saturated rings. The third-order valence-electron chi connectivity index (χ3n) is 6.24. The van der Waals surface area contributed by atoms with Crippen molar-refractivity contribution in [2.24, 2.45) is 0 Å². The van der Waals surface area contributed by atoms with Crippen molar-refractivity contribution < 1.29 is 23.1 Å². The number of para-hydroxylation sites is 1. The number of hydrogen-bond donors (Lipinski definition) is 4. The number of fused-ring (bicyclic) bond motifs is 1. The van der Waals surface area contributed by atoms with Crippen molar-refractivity contribution in [2.75, 3.05) is 18.9 Å². The van der Waals surface area contributed by atoms with E-state index in [1.54, 1.807) is 18.3 Å². The van der Waals surface area contributed by atoms with Crippen LogP contribution in [0.4, 0.5) is 0 Å². The van der Waals surface area contributed by atoms with Crippen LogP contribution in [0.3, 0.4) is 0 Å². The number of carbonyl (C=O) groups excluding carboxylic acids is 1. The van der Waals surface area contributed by atoms with E-state index in [4.69, 9.17) is 16.3 Å². The van der Waals surface area contributed by atoms with Crippen LogP contribution in [0, 0.1) is 13.8 Å². The minimum absolute atomic E-state index is 0.129. The fourth-order valence-corrected chi connectivity index (χ4v) is 5.39. The summed E-state index contributed by atoms with van der Waals surface area (Å²) in [4.78, 5) is 19.2. The Morgan fingerprint density at radius 2 is 1.90 bits per heavy atom. The third-order valence-corrected chi connectivity index (χ3v) is 8.16. The number of halogens is 1. The van der Waals surface area contributed by atoms with E-state index in [9.17, 15) is 18.3 Å². The molecule has 9 nitrogen and oxygen atoms in total. The van der Waals surface area contributed by atoms with Gasteiger partial charge in [0, 0.05) is 34.9 Å².